The summed E-state index contributed by atoms with van der Waals surface area (Å²) >= 11 is 0. The molecule has 0 aromatic heterocycles. The molecule has 2 rings (SSSR count). The van der Waals surface area contributed by atoms with Gasteiger partial charge in [0.05, 0.1) is 12.7 Å². The summed E-state index contributed by atoms with van der Waals surface area (Å²) in [6.07, 6.45) is 4.93. The number of hydrogen-bond acceptors (Lipinski definition) is 4. The molecule has 0 saturated carbocycles. The van der Waals surface area contributed by atoms with E-state index >= 15 is 0 Å². The molecule has 0 radical (unpaired) electrons. The number of piperidine rings is 1. The van der Waals surface area contributed by atoms with Gasteiger partial charge in [-0.25, -0.2) is 0 Å². The number of rotatable bonds is 4. The average molecular weight is 256 g/mol. The molecule has 106 valence electrons. The van der Waals surface area contributed by atoms with E-state index in [1.807, 2.05) is 0 Å². The van der Waals surface area contributed by atoms with Gasteiger partial charge in [0.15, 0.2) is 5.79 Å². The van der Waals surface area contributed by atoms with Crippen molar-refractivity contribution in [1.29, 1.82) is 0 Å². The van der Waals surface area contributed by atoms with E-state index in [-0.39, 0.29) is 6.10 Å². The lowest BCUT2D eigenvalue weighted by Gasteiger charge is -2.41. The van der Waals surface area contributed by atoms with E-state index in [1.54, 1.807) is 0 Å². The molecular formula is C14H28N2O2. The van der Waals surface area contributed by atoms with Gasteiger partial charge in [-0.15, -0.1) is 0 Å². The van der Waals surface area contributed by atoms with Gasteiger partial charge in [0, 0.05) is 25.0 Å². The number of ether oxygens (including phenoxy) is 2. The number of likely N-dealkylation sites (tertiary alicyclic amines) is 1. The van der Waals surface area contributed by atoms with Crippen LogP contribution in [0.2, 0.25) is 0 Å². The van der Waals surface area contributed by atoms with E-state index < -0.39 is 5.79 Å². The average Bonchev–Trinajstić information content (AvgIpc) is 2.71. The summed E-state index contributed by atoms with van der Waals surface area (Å²) in [5.74, 6) is -0.431. The van der Waals surface area contributed by atoms with Gasteiger partial charge < -0.3 is 15.2 Å². The second-order valence-electron chi connectivity index (χ2n) is 6.11. The third-order valence-electron chi connectivity index (χ3n) is 4.20. The maximum atomic E-state index is 5.96. The summed E-state index contributed by atoms with van der Waals surface area (Å²) in [6.45, 7) is 9.02. The van der Waals surface area contributed by atoms with Crippen LogP contribution >= 0.6 is 0 Å². The van der Waals surface area contributed by atoms with Crippen LogP contribution in [0.25, 0.3) is 0 Å². The van der Waals surface area contributed by atoms with Gasteiger partial charge in [-0.1, -0.05) is 6.42 Å². The van der Waals surface area contributed by atoms with Crippen LogP contribution in [0.15, 0.2) is 0 Å². The van der Waals surface area contributed by atoms with Crippen LogP contribution in [0.1, 0.15) is 46.5 Å². The van der Waals surface area contributed by atoms with Crippen LogP contribution in [0.3, 0.4) is 0 Å². The summed E-state index contributed by atoms with van der Waals surface area (Å²) < 4.78 is 11.8. The Bertz CT molecular complexity index is 273. The van der Waals surface area contributed by atoms with Crippen LogP contribution in [0.4, 0.5) is 0 Å². The predicted molar refractivity (Wildman–Crippen MR) is 72.4 cm³/mol. The molecule has 2 aliphatic rings. The molecule has 18 heavy (non-hydrogen) atoms. The molecule has 2 saturated heterocycles. The van der Waals surface area contributed by atoms with E-state index in [1.165, 1.54) is 25.8 Å². The number of hydrogen-bond donors (Lipinski definition) is 1. The van der Waals surface area contributed by atoms with Gasteiger partial charge in [0.2, 0.25) is 0 Å². The first-order chi connectivity index (χ1) is 8.54. The van der Waals surface area contributed by atoms with Crippen molar-refractivity contribution >= 4 is 0 Å². The highest BCUT2D eigenvalue weighted by Crippen LogP contribution is 2.33. The van der Waals surface area contributed by atoms with Crippen molar-refractivity contribution in [2.24, 2.45) is 5.73 Å². The molecule has 3 atom stereocenters. The Morgan fingerprint density at radius 3 is 2.78 bits per heavy atom. The van der Waals surface area contributed by atoms with Gasteiger partial charge in [-0.2, -0.15) is 0 Å². The largest absolute Gasteiger partial charge is 0.347 e. The Morgan fingerprint density at radius 1 is 1.39 bits per heavy atom. The van der Waals surface area contributed by atoms with E-state index in [9.17, 15) is 0 Å². The van der Waals surface area contributed by atoms with Crippen LogP contribution in [-0.2, 0) is 9.47 Å². The first-order valence-corrected chi connectivity index (χ1v) is 7.31. The second kappa shape index (κ2) is 5.87. The standard InChI is InChI=1S/C14H28N2O2/c1-11(2)16-7-5-4-6-12(16)8-14(3)17-10-13(9-15)18-14/h11-13H,4-10,15H2,1-3H3. The lowest BCUT2D eigenvalue weighted by Crippen LogP contribution is -2.48. The first-order valence-electron chi connectivity index (χ1n) is 7.31. The van der Waals surface area contributed by atoms with Crippen LogP contribution in [0, 0.1) is 0 Å². The molecule has 4 nitrogen and oxygen atoms in total. The molecule has 0 spiro atoms. The van der Waals surface area contributed by atoms with Crippen molar-refractivity contribution in [3.63, 3.8) is 0 Å². The van der Waals surface area contributed by atoms with E-state index in [0.29, 0.717) is 25.2 Å². The Hall–Kier alpha value is -0.160. The van der Waals surface area contributed by atoms with Crippen molar-refractivity contribution in [3.8, 4) is 0 Å². The molecule has 0 bridgehead atoms. The molecule has 2 N–H and O–H groups in total. The third-order valence-corrected chi connectivity index (χ3v) is 4.20. The highest BCUT2D eigenvalue weighted by atomic mass is 16.7. The Kier molecular flexibility index (Phi) is 4.64. The molecular weight excluding hydrogens is 228 g/mol. The smallest absolute Gasteiger partial charge is 0.167 e. The molecule has 2 aliphatic heterocycles. The number of nitrogens with zero attached hydrogens (tertiary/aromatic N) is 1. The maximum absolute atomic E-state index is 5.96. The fourth-order valence-electron chi connectivity index (χ4n) is 3.26. The lowest BCUT2D eigenvalue weighted by molar-refractivity contribution is -0.170. The lowest BCUT2D eigenvalue weighted by atomic mass is 9.94. The minimum Gasteiger partial charge on any atom is -0.347 e. The van der Waals surface area contributed by atoms with E-state index in [2.05, 4.69) is 25.7 Å². The predicted octanol–water partition coefficient (Wildman–Crippen LogP) is 1.73. The van der Waals surface area contributed by atoms with Crippen molar-refractivity contribution in [1.82, 2.24) is 4.90 Å². The highest BCUT2D eigenvalue weighted by Gasteiger charge is 2.40. The zero-order valence-electron chi connectivity index (χ0n) is 12.0. The number of nitrogens with two attached hydrogens (primary N) is 1. The third kappa shape index (κ3) is 3.23. The minimum atomic E-state index is -0.431. The van der Waals surface area contributed by atoms with Crippen LogP contribution in [-0.4, -0.2) is 48.6 Å². The molecule has 2 fully saturated rings. The summed E-state index contributed by atoms with van der Waals surface area (Å²) in [4.78, 5) is 2.59. The molecule has 2 heterocycles. The fraction of sp³-hybridized carbons (Fsp3) is 1.00. The quantitative estimate of drug-likeness (QED) is 0.832. The van der Waals surface area contributed by atoms with Gasteiger partial charge in [0.1, 0.15) is 0 Å². The summed E-state index contributed by atoms with van der Waals surface area (Å²) in [5.41, 5.74) is 5.65. The zero-order valence-corrected chi connectivity index (χ0v) is 12.0. The normalized spacial score (nSPS) is 38.5. The Labute approximate surface area is 111 Å². The molecule has 4 heteroatoms. The van der Waals surface area contributed by atoms with Gasteiger partial charge in [-0.3, -0.25) is 4.90 Å². The molecule has 0 amide bonds. The van der Waals surface area contributed by atoms with Crippen molar-refractivity contribution in [2.45, 2.75) is 70.4 Å². The van der Waals surface area contributed by atoms with E-state index in [0.717, 1.165) is 6.42 Å². The van der Waals surface area contributed by atoms with Crippen molar-refractivity contribution in [2.75, 3.05) is 19.7 Å². The fourth-order valence-corrected chi connectivity index (χ4v) is 3.26. The van der Waals surface area contributed by atoms with Gasteiger partial charge >= 0.3 is 0 Å². The Balaban J connectivity index is 1.94. The molecule has 0 aliphatic carbocycles. The monoisotopic (exact) mass is 256 g/mol. The van der Waals surface area contributed by atoms with E-state index in [4.69, 9.17) is 15.2 Å². The second-order valence-corrected chi connectivity index (χ2v) is 6.11. The van der Waals surface area contributed by atoms with Crippen LogP contribution in [0.5, 0.6) is 0 Å². The zero-order chi connectivity index (χ0) is 13.2. The molecule has 0 aromatic carbocycles. The van der Waals surface area contributed by atoms with Crippen LogP contribution < -0.4 is 5.73 Å². The summed E-state index contributed by atoms with van der Waals surface area (Å²) in [6, 6.07) is 1.19. The van der Waals surface area contributed by atoms with Gasteiger partial charge in [-0.05, 0) is 40.2 Å². The van der Waals surface area contributed by atoms with Gasteiger partial charge in [0.25, 0.3) is 0 Å². The summed E-state index contributed by atoms with van der Waals surface area (Å²) in [7, 11) is 0. The SMILES string of the molecule is CC(C)N1CCCCC1CC1(C)OCC(CN)O1. The highest BCUT2D eigenvalue weighted by molar-refractivity contribution is 4.86. The maximum Gasteiger partial charge on any atom is 0.167 e. The summed E-state index contributed by atoms with van der Waals surface area (Å²) in [5, 5.41) is 0. The topological polar surface area (TPSA) is 47.7 Å². The Morgan fingerprint density at radius 2 is 2.17 bits per heavy atom. The molecule has 0 aromatic rings. The first kappa shape index (κ1) is 14.3. The van der Waals surface area contributed by atoms with Crippen molar-refractivity contribution in [3.05, 3.63) is 0 Å². The molecule has 3 unspecified atom stereocenters. The van der Waals surface area contributed by atoms with Crippen molar-refractivity contribution < 1.29 is 9.47 Å². The minimum absolute atomic E-state index is 0.0751.